The summed E-state index contributed by atoms with van der Waals surface area (Å²) < 4.78 is 13.8. The number of hydrogen-bond acceptors (Lipinski definition) is 1. The number of carbonyl (C=O) groups excluding carboxylic acids is 1. The monoisotopic (exact) mass is 306 g/mol. The molecule has 0 fully saturated rings. The van der Waals surface area contributed by atoms with Crippen LogP contribution in [0.2, 0.25) is 0 Å². The molecule has 0 amide bonds. The topological polar surface area (TPSA) is 17.1 Å². The molecule has 0 N–H and O–H groups in total. The lowest BCUT2D eigenvalue weighted by atomic mass is 10.0. The maximum atomic E-state index is 13.8. The summed E-state index contributed by atoms with van der Waals surface area (Å²) in [6.45, 7) is 1.65. The number of unbranched alkanes of at least 4 members (excludes halogenated alkanes) is 5. The highest BCUT2D eigenvalue weighted by Crippen LogP contribution is 2.15. The Kier molecular flexibility index (Phi) is 10.6. The molecule has 0 saturated carbocycles. The molecule has 0 aliphatic rings. The molecular formula is C20H31FO. The lowest BCUT2D eigenvalue weighted by molar-refractivity contribution is -0.117. The van der Waals surface area contributed by atoms with Crippen molar-refractivity contribution >= 4 is 5.78 Å². The fraction of sp³-hybridized carbons (Fsp3) is 0.650. The summed E-state index contributed by atoms with van der Waals surface area (Å²) in [7, 11) is 0. The first-order valence-corrected chi connectivity index (χ1v) is 8.86. The van der Waals surface area contributed by atoms with E-state index in [0.29, 0.717) is 19.3 Å². The van der Waals surface area contributed by atoms with Gasteiger partial charge < -0.3 is 4.79 Å². The molecule has 1 aromatic carbocycles. The van der Waals surface area contributed by atoms with E-state index in [9.17, 15) is 9.18 Å². The number of aryl methyl sites for hydroxylation is 1. The van der Waals surface area contributed by atoms with E-state index in [1.54, 1.807) is 6.92 Å². The molecule has 1 unspecified atom stereocenters. The van der Waals surface area contributed by atoms with E-state index in [-0.39, 0.29) is 5.78 Å². The van der Waals surface area contributed by atoms with Crippen molar-refractivity contribution < 1.29 is 9.18 Å². The third-order valence-electron chi connectivity index (χ3n) is 4.12. The molecule has 0 aliphatic heterocycles. The second-order valence-electron chi connectivity index (χ2n) is 6.34. The van der Waals surface area contributed by atoms with Gasteiger partial charge in [0.25, 0.3) is 0 Å². The Balaban J connectivity index is 1.89. The molecule has 0 bridgehead atoms. The SMILES string of the molecule is CC(=O)CCCCCCCCC(F)CCCc1ccccc1. The predicted octanol–water partition coefficient (Wildman–Crippen LogP) is 6.06. The van der Waals surface area contributed by atoms with Crippen molar-refractivity contribution in [3.05, 3.63) is 35.9 Å². The Labute approximate surface area is 135 Å². The van der Waals surface area contributed by atoms with Gasteiger partial charge in [0.05, 0.1) is 0 Å². The molecule has 0 spiro atoms. The van der Waals surface area contributed by atoms with Gasteiger partial charge in [-0.2, -0.15) is 0 Å². The van der Waals surface area contributed by atoms with E-state index in [0.717, 1.165) is 38.5 Å². The van der Waals surface area contributed by atoms with Gasteiger partial charge in [-0.1, -0.05) is 62.4 Å². The van der Waals surface area contributed by atoms with Crippen LogP contribution >= 0.6 is 0 Å². The normalized spacial score (nSPS) is 12.3. The number of rotatable bonds is 13. The van der Waals surface area contributed by atoms with Gasteiger partial charge in [-0.3, -0.25) is 0 Å². The van der Waals surface area contributed by atoms with Gasteiger partial charge in [0.2, 0.25) is 0 Å². The second-order valence-corrected chi connectivity index (χ2v) is 6.34. The number of alkyl halides is 1. The fourth-order valence-corrected chi connectivity index (χ4v) is 2.76. The fourth-order valence-electron chi connectivity index (χ4n) is 2.76. The van der Waals surface area contributed by atoms with Crippen molar-refractivity contribution in [3.63, 3.8) is 0 Å². The van der Waals surface area contributed by atoms with Crippen molar-refractivity contribution in [2.24, 2.45) is 0 Å². The molecule has 0 radical (unpaired) electrons. The van der Waals surface area contributed by atoms with Crippen LogP contribution in [-0.2, 0) is 11.2 Å². The van der Waals surface area contributed by atoms with Gasteiger partial charge in [-0.15, -0.1) is 0 Å². The summed E-state index contributed by atoms with van der Waals surface area (Å²) in [5.74, 6) is 0.288. The summed E-state index contributed by atoms with van der Waals surface area (Å²) in [4.78, 5) is 10.8. The minimum Gasteiger partial charge on any atom is -0.300 e. The summed E-state index contributed by atoms with van der Waals surface area (Å²) in [6, 6.07) is 10.3. The molecule has 1 atom stereocenters. The molecule has 22 heavy (non-hydrogen) atoms. The zero-order chi connectivity index (χ0) is 16.0. The first kappa shape index (κ1) is 18.9. The molecule has 0 aliphatic carbocycles. The lowest BCUT2D eigenvalue weighted by Gasteiger charge is -2.08. The van der Waals surface area contributed by atoms with Crippen LogP contribution in [0.15, 0.2) is 30.3 Å². The van der Waals surface area contributed by atoms with Crippen LogP contribution in [0.5, 0.6) is 0 Å². The van der Waals surface area contributed by atoms with Crippen LogP contribution in [0.25, 0.3) is 0 Å². The van der Waals surface area contributed by atoms with Gasteiger partial charge in [-0.25, -0.2) is 4.39 Å². The van der Waals surface area contributed by atoms with Crippen LogP contribution in [0.4, 0.5) is 4.39 Å². The molecule has 1 nitrogen and oxygen atoms in total. The zero-order valence-electron chi connectivity index (χ0n) is 14.0. The second kappa shape index (κ2) is 12.4. The van der Waals surface area contributed by atoms with Gasteiger partial charge in [0.1, 0.15) is 12.0 Å². The molecule has 124 valence electrons. The van der Waals surface area contributed by atoms with Crippen molar-refractivity contribution in [1.29, 1.82) is 0 Å². The lowest BCUT2D eigenvalue weighted by Crippen LogP contribution is -2.01. The number of carbonyl (C=O) groups is 1. The smallest absolute Gasteiger partial charge is 0.129 e. The Morgan fingerprint density at radius 3 is 2.18 bits per heavy atom. The minimum atomic E-state index is -0.638. The summed E-state index contributed by atoms with van der Waals surface area (Å²) in [6.07, 6.45) is 10.0. The van der Waals surface area contributed by atoms with E-state index in [1.807, 2.05) is 18.2 Å². The molecule has 0 heterocycles. The first-order valence-electron chi connectivity index (χ1n) is 8.86. The van der Waals surface area contributed by atoms with Gasteiger partial charge >= 0.3 is 0 Å². The quantitative estimate of drug-likeness (QED) is 0.405. The highest BCUT2D eigenvalue weighted by atomic mass is 19.1. The van der Waals surface area contributed by atoms with Crippen LogP contribution in [0.3, 0.4) is 0 Å². The first-order chi connectivity index (χ1) is 10.7. The van der Waals surface area contributed by atoms with E-state index in [1.165, 1.54) is 18.4 Å². The highest BCUT2D eigenvalue weighted by molar-refractivity contribution is 5.75. The van der Waals surface area contributed by atoms with Crippen LogP contribution in [-0.4, -0.2) is 12.0 Å². The zero-order valence-corrected chi connectivity index (χ0v) is 14.0. The van der Waals surface area contributed by atoms with Crippen molar-refractivity contribution in [2.75, 3.05) is 0 Å². The van der Waals surface area contributed by atoms with Crippen molar-refractivity contribution in [3.8, 4) is 0 Å². The number of Topliss-reactive ketones (excluding diaryl/α,β-unsaturated/α-hetero) is 1. The molecule has 1 aromatic rings. The van der Waals surface area contributed by atoms with Gasteiger partial charge in [0.15, 0.2) is 0 Å². The van der Waals surface area contributed by atoms with Crippen LogP contribution in [0.1, 0.15) is 76.7 Å². The molecular weight excluding hydrogens is 275 g/mol. The van der Waals surface area contributed by atoms with E-state index in [2.05, 4.69) is 12.1 Å². The molecule has 0 saturated heterocycles. The van der Waals surface area contributed by atoms with E-state index < -0.39 is 6.17 Å². The Morgan fingerprint density at radius 1 is 0.909 bits per heavy atom. The van der Waals surface area contributed by atoms with Crippen LogP contribution in [0, 0.1) is 0 Å². The van der Waals surface area contributed by atoms with Crippen molar-refractivity contribution in [1.82, 2.24) is 0 Å². The minimum absolute atomic E-state index is 0.288. The molecule has 0 aromatic heterocycles. The standard InChI is InChI=1S/C20H31FO/c1-18(22)12-7-4-2-3-5-10-16-20(21)17-11-15-19-13-8-6-9-14-19/h6,8-9,13-14,20H,2-5,7,10-12,15-17H2,1H3. The maximum absolute atomic E-state index is 13.8. The maximum Gasteiger partial charge on any atom is 0.129 e. The highest BCUT2D eigenvalue weighted by Gasteiger charge is 2.06. The summed E-state index contributed by atoms with van der Waals surface area (Å²) >= 11 is 0. The summed E-state index contributed by atoms with van der Waals surface area (Å²) in [5.41, 5.74) is 1.31. The predicted molar refractivity (Wildman–Crippen MR) is 91.9 cm³/mol. The number of benzene rings is 1. The van der Waals surface area contributed by atoms with Crippen LogP contribution < -0.4 is 0 Å². The average molecular weight is 306 g/mol. The number of ketones is 1. The largest absolute Gasteiger partial charge is 0.300 e. The molecule has 2 heteroatoms. The Morgan fingerprint density at radius 2 is 1.50 bits per heavy atom. The van der Waals surface area contributed by atoms with E-state index in [4.69, 9.17) is 0 Å². The Hall–Kier alpha value is -1.18. The third kappa shape index (κ3) is 10.5. The molecule has 1 rings (SSSR count). The third-order valence-corrected chi connectivity index (χ3v) is 4.12. The van der Waals surface area contributed by atoms with Crippen molar-refractivity contribution in [2.45, 2.75) is 83.7 Å². The summed E-state index contributed by atoms with van der Waals surface area (Å²) in [5, 5.41) is 0. The van der Waals surface area contributed by atoms with Gasteiger partial charge in [-0.05, 0) is 44.6 Å². The van der Waals surface area contributed by atoms with Gasteiger partial charge in [0, 0.05) is 6.42 Å². The van der Waals surface area contributed by atoms with E-state index >= 15 is 0 Å². The average Bonchev–Trinajstić information content (AvgIpc) is 2.50. The number of hydrogen-bond donors (Lipinski definition) is 0. The Bertz CT molecular complexity index is 388. The number of halogens is 1.